The van der Waals surface area contributed by atoms with Gasteiger partial charge in [-0.05, 0) is 12.5 Å². The van der Waals surface area contributed by atoms with Crippen LogP contribution in [0.15, 0.2) is 24.3 Å². The molecule has 1 aromatic carbocycles. The minimum atomic E-state index is -0.629. The van der Waals surface area contributed by atoms with Crippen molar-refractivity contribution < 1.29 is 14.4 Å². The lowest BCUT2D eigenvalue weighted by Gasteiger charge is -2.04. The highest BCUT2D eigenvalue weighted by Gasteiger charge is 2.03. The summed E-state index contributed by atoms with van der Waals surface area (Å²) in [5, 5.41) is 0. The molecule has 0 atom stereocenters. The molecule has 0 heterocycles. The molecule has 2 amide bonds. The van der Waals surface area contributed by atoms with Crippen LogP contribution in [0.4, 0.5) is 0 Å². The molecule has 0 aromatic heterocycles. The van der Waals surface area contributed by atoms with Crippen LogP contribution in [0.1, 0.15) is 11.1 Å². The summed E-state index contributed by atoms with van der Waals surface area (Å²) in [6, 6.07) is 7.58. The van der Waals surface area contributed by atoms with Crippen molar-refractivity contribution in [2.75, 3.05) is 6.61 Å². The Morgan fingerprint density at radius 3 is 2.50 bits per heavy atom. The van der Waals surface area contributed by atoms with Gasteiger partial charge in [0, 0.05) is 0 Å². The molecular weight excluding hydrogens is 208 g/mol. The maximum absolute atomic E-state index is 11.3. The van der Waals surface area contributed by atoms with Crippen LogP contribution >= 0.6 is 0 Å². The van der Waals surface area contributed by atoms with Gasteiger partial charge < -0.3 is 5.73 Å². The van der Waals surface area contributed by atoms with Gasteiger partial charge in [0.2, 0.25) is 11.8 Å². The first kappa shape index (κ1) is 12.2. The first-order chi connectivity index (χ1) is 7.58. The fraction of sp³-hybridized carbons (Fsp3) is 0.273. The molecular formula is C11H14N2O3. The highest BCUT2D eigenvalue weighted by molar-refractivity contribution is 5.78. The number of nitrogens with two attached hydrogens (primary N) is 1. The minimum absolute atomic E-state index is 0.207. The van der Waals surface area contributed by atoms with Crippen LogP contribution < -0.4 is 11.2 Å². The lowest BCUT2D eigenvalue weighted by atomic mass is 10.1. The number of primary amides is 1. The highest BCUT2D eigenvalue weighted by Crippen LogP contribution is 2.03. The van der Waals surface area contributed by atoms with Crippen LogP contribution in [-0.4, -0.2) is 18.4 Å². The second-order valence-electron chi connectivity index (χ2n) is 3.44. The second-order valence-corrected chi connectivity index (χ2v) is 3.44. The van der Waals surface area contributed by atoms with Crippen molar-refractivity contribution in [3.8, 4) is 0 Å². The second kappa shape index (κ2) is 5.87. The van der Waals surface area contributed by atoms with Crippen molar-refractivity contribution >= 4 is 11.8 Å². The SMILES string of the molecule is Cc1ccc(CC(=O)NOCC(N)=O)cc1. The summed E-state index contributed by atoms with van der Waals surface area (Å²) in [6.07, 6.45) is 0.207. The molecule has 0 spiro atoms. The number of rotatable bonds is 5. The number of amides is 2. The van der Waals surface area contributed by atoms with Crippen LogP contribution in [-0.2, 0) is 20.8 Å². The number of carbonyl (C=O) groups is 2. The van der Waals surface area contributed by atoms with Gasteiger partial charge in [-0.3, -0.25) is 14.4 Å². The zero-order valence-electron chi connectivity index (χ0n) is 9.03. The molecule has 0 saturated heterocycles. The van der Waals surface area contributed by atoms with Gasteiger partial charge >= 0.3 is 0 Å². The van der Waals surface area contributed by atoms with E-state index < -0.39 is 5.91 Å². The molecule has 0 aliphatic carbocycles. The molecule has 0 radical (unpaired) electrons. The Hall–Kier alpha value is -1.88. The number of nitrogens with one attached hydrogen (secondary N) is 1. The fourth-order valence-corrected chi connectivity index (χ4v) is 1.12. The Balaban J connectivity index is 2.34. The largest absolute Gasteiger partial charge is 0.368 e. The third-order valence-electron chi connectivity index (χ3n) is 1.89. The summed E-state index contributed by atoms with van der Waals surface area (Å²) in [6.45, 7) is 1.65. The van der Waals surface area contributed by atoms with Crippen molar-refractivity contribution in [3.05, 3.63) is 35.4 Å². The third kappa shape index (κ3) is 4.56. The Bertz CT molecular complexity index is 373. The van der Waals surface area contributed by atoms with Crippen molar-refractivity contribution in [1.82, 2.24) is 5.48 Å². The molecule has 0 bridgehead atoms. The van der Waals surface area contributed by atoms with Gasteiger partial charge in [-0.2, -0.15) is 0 Å². The average Bonchev–Trinajstić information content (AvgIpc) is 2.21. The van der Waals surface area contributed by atoms with Gasteiger partial charge in [-0.15, -0.1) is 0 Å². The minimum Gasteiger partial charge on any atom is -0.368 e. The molecule has 0 aliphatic heterocycles. The maximum atomic E-state index is 11.3. The smallest absolute Gasteiger partial charge is 0.247 e. The quantitative estimate of drug-likeness (QED) is 0.692. The topological polar surface area (TPSA) is 81.4 Å². The normalized spacial score (nSPS) is 9.81. The summed E-state index contributed by atoms with van der Waals surface area (Å²) in [7, 11) is 0. The zero-order valence-corrected chi connectivity index (χ0v) is 9.03. The molecule has 1 rings (SSSR count). The lowest BCUT2D eigenvalue weighted by Crippen LogP contribution is -2.30. The van der Waals surface area contributed by atoms with E-state index in [-0.39, 0.29) is 18.9 Å². The molecule has 3 N–H and O–H groups in total. The highest BCUT2D eigenvalue weighted by atomic mass is 16.7. The van der Waals surface area contributed by atoms with Crippen molar-refractivity contribution in [3.63, 3.8) is 0 Å². The fourth-order valence-electron chi connectivity index (χ4n) is 1.12. The molecule has 0 fully saturated rings. The van der Waals surface area contributed by atoms with Gasteiger partial charge in [-0.25, -0.2) is 5.48 Å². The Kier molecular flexibility index (Phi) is 4.47. The van der Waals surface area contributed by atoms with E-state index in [0.29, 0.717) is 0 Å². The lowest BCUT2D eigenvalue weighted by molar-refractivity contribution is -0.137. The molecule has 0 unspecified atom stereocenters. The number of hydrogen-bond acceptors (Lipinski definition) is 3. The molecule has 5 heteroatoms. The van der Waals surface area contributed by atoms with Crippen LogP contribution in [0, 0.1) is 6.92 Å². The van der Waals surface area contributed by atoms with Gasteiger partial charge in [-0.1, -0.05) is 29.8 Å². The summed E-state index contributed by atoms with van der Waals surface area (Å²) in [5.74, 6) is -0.944. The first-order valence-electron chi connectivity index (χ1n) is 4.82. The Morgan fingerprint density at radius 1 is 1.31 bits per heavy atom. The Labute approximate surface area is 93.5 Å². The Morgan fingerprint density at radius 2 is 1.94 bits per heavy atom. The van der Waals surface area contributed by atoms with Gasteiger partial charge in [0.25, 0.3) is 0 Å². The average molecular weight is 222 g/mol. The summed E-state index contributed by atoms with van der Waals surface area (Å²) < 4.78 is 0. The molecule has 0 aliphatic rings. The van der Waals surface area contributed by atoms with Crippen molar-refractivity contribution in [1.29, 1.82) is 0 Å². The summed E-state index contributed by atoms with van der Waals surface area (Å²) in [5.41, 5.74) is 8.98. The standard InChI is InChI=1S/C11H14N2O3/c1-8-2-4-9(5-3-8)6-11(15)13-16-7-10(12)14/h2-5H,6-7H2,1H3,(H2,12,14)(H,13,15). The van der Waals surface area contributed by atoms with E-state index in [4.69, 9.17) is 5.73 Å². The van der Waals surface area contributed by atoms with Crippen molar-refractivity contribution in [2.45, 2.75) is 13.3 Å². The predicted molar refractivity (Wildman–Crippen MR) is 58.2 cm³/mol. The van der Waals surface area contributed by atoms with Gasteiger partial charge in [0.05, 0.1) is 6.42 Å². The first-order valence-corrected chi connectivity index (χ1v) is 4.82. The summed E-state index contributed by atoms with van der Waals surface area (Å²) >= 11 is 0. The molecule has 5 nitrogen and oxygen atoms in total. The number of carbonyl (C=O) groups excluding carboxylic acids is 2. The molecule has 0 saturated carbocycles. The molecule has 86 valence electrons. The van der Waals surface area contributed by atoms with Crippen LogP contribution in [0.2, 0.25) is 0 Å². The van der Waals surface area contributed by atoms with E-state index >= 15 is 0 Å². The van der Waals surface area contributed by atoms with E-state index in [2.05, 4.69) is 10.3 Å². The predicted octanol–water partition coefficient (Wildman–Crippen LogP) is 0.0706. The van der Waals surface area contributed by atoms with Crippen LogP contribution in [0.3, 0.4) is 0 Å². The van der Waals surface area contributed by atoms with E-state index in [1.807, 2.05) is 31.2 Å². The van der Waals surface area contributed by atoms with Gasteiger partial charge in [0.1, 0.15) is 0 Å². The monoisotopic (exact) mass is 222 g/mol. The summed E-state index contributed by atoms with van der Waals surface area (Å²) in [4.78, 5) is 26.2. The third-order valence-corrected chi connectivity index (χ3v) is 1.89. The van der Waals surface area contributed by atoms with E-state index in [9.17, 15) is 9.59 Å². The van der Waals surface area contributed by atoms with E-state index in [1.165, 1.54) is 0 Å². The number of benzene rings is 1. The van der Waals surface area contributed by atoms with Crippen molar-refractivity contribution in [2.24, 2.45) is 5.73 Å². The number of aryl methyl sites for hydroxylation is 1. The number of hydrogen-bond donors (Lipinski definition) is 2. The molecule has 1 aromatic rings. The molecule has 16 heavy (non-hydrogen) atoms. The van der Waals surface area contributed by atoms with Gasteiger partial charge in [0.15, 0.2) is 6.61 Å². The van der Waals surface area contributed by atoms with E-state index in [1.54, 1.807) is 0 Å². The maximum Gasteiger partial charge on any atom is 0.247 e. The van der Waals surface area contributed by atoms with Crippen LogP contribution in [0.5, 0.6) is 0 Å². The zero-order chi connectivity index (χ0) is 12.0. The number of hydroxylamine groups is 1. The van der Waals surface area contributed by atoms with Crippen LogP contribution in [0.25, 0.3) is 0 Å². The van der Waals surface area contributed by atoms with E-state index in [0.717, 1.165) is 11.1 Å².